The number of aromatic nitrogens is 1. The van der Waals surface area contributed by atoms with E-state index in [2.05, 4.69) is 17.2 Å². The maximum absolute atomic E-state index is 12.7. The van der Waals surface area contributed by atoms with Gasteiger partial charge in [-0.25, -0.2) is 4.79 Å². The molecule has 1 saturated carbocycles. The predicted octanol–water partition coefficient (Wildman–Crippen LogP) is 1.01. The first-order chi connectivity index (χ1) is 10.9. The van der Waals surface area contributed by atoms with Crippen LogP contribution in [0.3, 0.4) is 0 Å². The Morgan fingerprint density at radius 3 is 2.74 bits per heavy atom. The molecular formula is C15H20N4O3S. The molecule has 1 saturated heterocycles. The molecule has 1 aliphatic heterocycles. The minimum atomic E-state index is -0.808. The Morgan fingerprint density at radius 1 is 1.43 bits per heavy atom. The third-order valence-corrected chi connectivity index (χ3v) is 5.49. The summed E-state index contributed by atoms with van der Waals surface area (Å²) in [4.78, 5) is 42.4. The number of thiazole rings is 1. The maximum Gasteiger partial charge on any atom is 0.325 e. The fourth-order valence-electron chi connectivity index (χ4n) is 3.13. The van der Waals surface area contributed by atoms with Crippen LogP contribution < -0.4 is 10.1 Å². The van der Waals surface area contributed by atoms with Crippen LogP contribution in [0.4, 0.5) is 4.79 Å². The van der Waals surface area contributed by atoms with Crippen molar-refractivity contribution in [3.8, 4) is 0 Å². The summed E-state index contributed by atoms with van der Waals surface area (Å²) in [5.74, 6) is -0.212. The van der Waals surface area contributed by atoms with Crippen LogP contribution in [0.25, 0.3) is 0 Å². The zero-order chi connectivity index (χ0) is 16.6. The van der Waals surface area contributed by atoms with Gasteiger partial charge in [-0.1, -0.05) is 6.92 Å². The highest BCUT2D eigenvalue weighted by molar-refractivity contribution is 7.07. The molecule has 0 atom stereocenters. The van der Waals surface area contributed by atoms with Crippen molar-refractivity contribution in [2.24, 2.45) is 18.0 Å². The third kappa shape index (κ3) is 2.95. The second-order valence-corrected chi connectivity index (χ2v) is 7.26. The van der Waals surface area contributed by atoms with Crippen LogP contribution in [-0.2, 0) is 16.6 Å². The quantitative estimate of drug-likeness (QED) is 0.818. The summed E-state index contributed by atoms with van der Waals surface area (Å²) < 4.78 is 1.72. The molecule has 3 rings (SSSR count). The Labute approximate surface area is 138 Å². The average molecular weight is 336 g/mol. The summed E-state index contributed by atoms with van der Waals surface area (Å²) >= 11 is 1.33. The number of urea groups is 1. The smallest absolute Gasteiger partial charge is 0.325 e. The van der Waals surface area contributed by atoms with E-state index in [4.69, 9.17) is 0 Å². The van der Waals surface area contributed by atoms with Gasteiger partial charge in [0.2, 0.25) is 0 Å². The van der Waals surface area contributed by atoms with E-state index in [9.17, 15) is 14.4 Å². The summed E-state index contributed by atoms with van der Waals surface area (Å²) in [7, 11) is 1.79. The number of aryl methyl sites for hydroxylation is 1. The highest BCUT2D eigenvalue weighted by atomic mass is 32.1. The Morgan fingerprint density at radius 2 is 2.13 bits per heavy atom. The summed E-state index contributed by atoms with van der Waals surface area (Å²) in [6, 6.07) is -0.483. The zero-order valence-corrected chi connectivity index (χ0v) is 14.1. The molecule has 7 nitrogen and oxygen atoms in total. The molecule has 2 aliphatic rings. The van der Waals surface area contributed by atoms with Crippen LogP contribution in [0.1, 0.15) is 32.6 Å². The van der Waals surface area contributed by atoms with E-state index in [0.717, 1.165) is 17.7 Å². The van der Waals surface area contributed by atoms with Crippen LogP contribution in [-0.4, -0.2) is 39.4 Å². The van der Waals surface area contributed by atoms with Crippen molar-refractivity contribution in [3.05, 3.63) is 16.4 Å². The van der Waals surface area contributed by atoms with Crippen LogP contribution in [0.5, 0.6) is 0 Å². The van der Waals surface area contributed by atoms with Gasteiger partial charge in [0.1, 0.15) is 12.1 Å². The number of nitrogens with zero attached hydrogens (tertiary/aromatic N) is 3. The highest BCUT2D eigenvalue weighted by Crippen LogP contribution is 2.36. The number of nitrogens with one attached hydrogen (secondary N) is 1. The lowest BCUT2D eigenvalue weighted by molar-refractivity contribution is -0.135. The first-order valence-corrected chi connectivity index (χ1v) is 8.61. The molecule has 8 heteroatoms. The minimum absolute atomic E-state index is 0.284. The second-order valence-electron chi connectivity index (χ2n) is 6.39. The number of rotatable bonds is 2. The summed E-state index contributed by atoms with van der Waals surface area (Å²) in [6.07, 6.45) is 4.88. The zero-order valence-electron chi connectivity index (χ0n) is 13.2. The first kappa shape index (κ1) is 15.9. The fourth-order valence-corrected chi connectivity index (χ4v) is 3.87. The van der Waals surface area contributed by atoms with Gasteiger partial charge in [0.15, 0.2) is 4.80 Å². The summed E-state index contributed by atoms with van der Waals surface area (Å²) in [6.45, 7) is 1.84. The normalized spacial score (nSPS) is 28.5. The second kappa shape index (κ2) is 5.92. The predicted molar refractivity (Wildman–Crippen MR) is 84.5 cm³/mol. The van der Waals surface area contributed by atoms with E-state index in [0.29, 0.717) is 23.6 Å². The lowest BCUT2D eigenvalue weighted by atomic mass is 9.77. The van der Waals surface area contributed by atoms with E-state index in [1.165, 1.54) is 11.3 Å². The van der Waals surface area contributed by atoms with Crippen LogP contribution in [0.15, 0.2) is 16.6 Å². The Bertz CT molecular complexity index is 712. The molecular weight excluding hydrogens is 316 g/mol. The molecule has 2 fully saturated rings. The van der Waals surface area contributed by atoms with E-state index < -0.39 is 17.5 Å². The molecule has 4 amide bonds. The Kier molecular flexibility index (Phi) is 4.09. The number of hydrogen-bond donors (Lipinski definition) is 1. The van der Waals surface area contributed by atoms with Crippen LogP contribution >= 0.6 is 11.3 Å². The monoisotopic (exact) mass is 336 g/mol. The third-order valence-electron chi connectivity index (χ3n) is 4.65. The number of imide groups is 1. The van der Waals surface area contributed by atoms with Gasteiger partial charge in [0.05, 0.1) is 0 Å². The number of carbonyl (C=O) groups excluding carboxylic acids is 3. The maximum atomic E-state index is 12.7. The topological polar surface area (TPSA) is 83.8 Å². The lowest BCUT2D eigenvalue weighted by Gasteiger charge is -2.33. The SMILES string of the molecule is CC1CCC2(CC1)NC(=O)N(CC(=O)N=c1sccn1C)C2=O. The molecule has 0 aromatic carbocycles. The van der Waals surface area contributed by atoms with Crippen molar-refractivity contribution in [1.29, 1.82) is 0 Å². The van der Waals surface area contributed by atoms with E-state index in [1.54, 1.807) is 17.8 Å². The van der Waals surface area contributed by atoms with Crippen molar-refractivity contribution in [1.82, 2.24) is 14.8 Å². The van der Waals surface area contributed by atoms with Crippen LogP contribution in [0.2, 0.25) is 0 Å². The molecule has 1 spiro atoms. The molecule has 0 bridgehead atoms. The summed E-state index contributed by atoms with van der Waals surface area (Å²) in [5.41, 5.74) is -0.808. The number of carbonyl (C=O) groups is 3. The molecule has 2 heterocycles. The Balaban J connectivity index is 1.74. The number of hydrogen-bond acceptors (Lipinski definition) is 4. The van der Waals surface area contributed by atoms with E-state index >= 15 is 0 Å². The molecule has 0 unspecified atom stereocenters. The molecule has 23 heavy (non-hydrogen) atoms. The van der Waals surface area contributed by atoms with Gasteiger partial charge < -0.3 is 9.88 Å². The van der Waals surface area contributed by atoms with Crippen molar-refractivity contribution < 1.29 is 14.4 Å². The van der Waals surface area contributed by atoms with Gasteiger partial charge in [0, 0.05) is 18.6 Å². The van der Waals surface area contributed by atoms with Crippen molar-refractivity contribution >= 4 is 29.2 Å². The van der Waals surface area contributed by atoms with Crippen molar-refractivity contribution in [2.75, 3.05) is 6.54 Å². The Hall–Kier alpha value is -1.96. The molecule has 124 valence electrons. The molecule has 1 aliphatic carbocycles. The average Bonchev–Trinajstić information content (AvgIpc) is 3.00. The van der Waals surface area contributed by atoms with Gasteiger partial charge in [-0.3, -0.25) is 14.5 Å². The van der Waals surface area contributed by atoms with Gasteiger partial charge in [-0.2, -0.15) is 4.99 Å². The van der Waals surface area contributed by atoms with Gasteiger partial charge in [-0.05, 0) is 31.6 Å². The van der Waals surface area contributed by atoms with Gasteiger partial charge >= 0.3 is 6.03 Å². The highest BCUT2D eigenvalue weighted by Gasteiger charge is 2.52. The minimum Gasteiger partial charge on any atom is -0.327 e. The standard InChI is InChI=1S/C15H20N4O3S/c1-10-3-5-15(6-4-10)12(21)19(13(22)17-15)9-11(20)16-14-18(2)7-8-23-14/h7-8,10H,3-6,9H2,1-2H3,(H,17,22). The fraction of sp³-hybridized carbons (Fsp3) is 0.600. The molecule has 0 radical (unpaired) electrons. The summed E-state index contributed by atoms with van der Waals surface area (Å²) in [5, 5.41) is 4.62. The van der Waals surface area contributed by atoms with Crippen molar-refractivity contribution in [2.45, 2.75) is 38.1 Å². The molecule has 1 aromatic rings. The molecule has 1 aromatic heterocycles. The lowest BCUT2D eigenvalue weighted by Crippen LogP contribution is -2.49. The number of amides is 4. The largest absolute Gasteiger partial charge is 0.327 e. The first-order valence-electron chi connectivity index (χ1n) is 7.73. The van der Waals surface area contributed by atoms with Crippen molar-refractivity contribution in [3.63, 3.8) is 0 Å². The van der Waals surface area contributed by atoms with E-state index in [1.807, 2.05) is 5.38 Å². The molecule has 1 N–H and O–H groups in total. The van der Waals surface area contributed by atoms with Gasteiger partial charge in [-0.15, -0.1) is 11.3 Å². The van der Waals surface area contributed by atoms with Crippen LogP contribution in [0, 0.1) is 5.92 Å². The van der Waals surface area contributed by atoms with Gasteiger partial charge in [0.25, 0.3) is 11.8 Å². The van der Waals surface area contributed by atoms with E-state index in [-0.39, 0.29) is 12.5 Å².